The van der Waals surface area contributed by atoms with Gasteiger partial charge in [0.05, 0.1) is 0 Å². The number of piperazine rings is 1. The average molecular weight is 253 g/mol. The molecule has 1 aliphatic rings. The Balaban J connectivity index is 2.34. The highest BCUT2D eigenvalue weighted by Gasteiger charge is 2.21. The minimum Gasteiger partial charge on any atom is -0.337 e. The first-order valence-corrected chi connectivity index (χ1v) is 6.88. The van der Waals surface area contributed by atoms with Crippen LogP contribution in [0.15, 0.2) is 12.2 Å². The van der Waals surface area contributed by atoms with Gasteiger partial charge in [0.1, 0.15) is 0 Å². The molecule has 1 fully saturated rings. The Morgan fingerprint density at radius 2 is 1.89 bits per heavy atom. The fraction of sp³-hybridized carbons (Fsp3) is 0.786. The molecule has 0 aromatic carbocycles. The number of rotatable bonds is 5. The number of carbonyl (C=O) groups excluding carboxylic acids is 1. The third kappa shape index (κ3) is 4.78. The highest BCUT2D eigenvalue weighted by Crippen LogP contribution is 2.09. The second-order valence-corrected chi connectivity index (χ2v) is 5.28. The van der Waals surface area contributed by atoms with Gasteiger partial charge < -0.3 is 9.80 Å². The van der Waals surface area contributed by atoms with E-state index in [4.69, 9.17) is 0 Å². The number of amides is 1. The van der Waals surface area contributed by atoms with Gasteiger partial charge in [-0.1, -0.05) is 13.0 Å². The Morgan fingerprint density at radius 3 is 2.39 bits per heavy atom. The van der Waals surface area contributed by atoms with E-state index in [2.05, 4.69) is 18.7 Å². The molecule has 4 nitrogen and oxygen atoms in total. The lowest BCUT2D eigenvalue weighted by atomic mass is 10.2. The van der Waals surface area contributed by atoms with E-state index in [1.165, 1.54) is 6.42 Å². The van der Waals surface area contributed by atoms with Crippen molar-refractivity contribution in [3.05, 3.63) is 12.2 Å². The first-order chi connectivity index (χ1) is 8.54. The van der Waals surface area contributed by atoms with Gasteiger partial charge in [-0.2, -0.15) is 0 Å². The van der Waals surface area contributed by atoms with Crippen molar-refractivity contribution in [2.75, 3.05) is 46.8 Å². The zero-order valence-corrected chi connectivity index (χ0v) is 12.2. The molecule has 0 aromatic heterocycles. The first kappa shape index (κ1) is 15.2. The standard InChI is InChI=1S/C14H27N3O/c1-5-13(2)16-9-11-17(12-10-16)14(18)7-6-8-15(3)4/h6-7,13H,5,8-12H2,1-4H3/b7-6+. The Morgan fingerprint density at radius 1 is 1.28 bits per heavy atom. The Kier molecular flexibility index (Phi) is 6.36. The van der Waals surface area contributed by atoms with Gasteiger partial charge >= 0.3 is 0 Å². The van der Waals surface area contributed by atoms with Crippen LogP contribution in [0, 0.1) is 0 Å². The third-order valence-corrected chi connectivity index (χ3v) is 3.57. The van der Waals surface area contributed by atoms with Gasteiger partial charge in [0.2, 0.25) is 5.91 Å². The van der Waals surface area contributed by atoms with E-state index in [1.54, 1.807) is 6.08 Å². The number of likely N-dealkylation sites (N-methyl/N-ethyl adjacent to an activating group) is 1. The molecule has 0 N–H and O–H groups in total. The molecular weight excluding hydrogens is 226 g/mol. The van der Waals surface area contributed by atoms with Crippen molar-refractivity contribution in [1.29, 1.82) is 0 Å². The van der Waals surface area contributed by atoms with Crippen LogP contribution >= 0.6 is 0 Å². The van der Waals surface area contributed by atoms with E-state index in [0.717, 1.165) is 32.7 Å². The zero-order chi connectivity index (χ0) is 13.5. The van der Waals surface area contributed by atoms with Crippen molar-refractivity contribution >= 4 is 5.91 Å². The molecule has 0 radical (unpaired) electrons. The molecule has 0 aromatic rings. The maximum absolute atomic E-state index is 11.9. The topological polar surface area (TPSA) is 26.8 Å². The van der Waals surface area contributed by atoms with Crippen molar-refractivity contribution in [3.8, 4) is 0 Å². The van der Waals surface area contributed by atoms with Crippen molar-refractivity contribution in [2.24, 2.45) is 0 Å². The second kappa shape index (κ2) is 7.54. The monoisotopic (exact) mass is 253 g/mol. The fourth-order valence-corrected chi connectivity index (χ4v) is 2.11. The average Bonchev–Trinajstić information content (AvgIpc) is 2.37. The van der Waals surface area contributed by atoms with Crippen LogP contribution in [0.4, 0.5) is 0 Å². The van der Waals surface area contributed by atoms with E-state index in [-0.39, 0.29) is 5.91 Å². The van der Waals surface area contributed by atoms with Gasteiger partial charge in [0.25, 0.3) is 0 Å². The molecule has 1 atom stereocenters. The Hall–Kier alpha value is -0.870. The summed E-state index contributed by atoms with van der Waals surface area (Å²) in [5, 5.41) is 0. The maximum atomic E-state index is 11.9. The molecule has 1 rings (SSSR count). The van der Waals surface area contributed by atoms with Crippen LogP contribution in [0.1, 0.15) is 20.3 Å². The van der Waals surface area contributed by atoms with E-state index < -0.39 is 0 Å². The number of carbonyl (C=O) groups is 1. The van der Waals surface area contributed by atoms with Crippen molar-refractivity contribution in [2.45, 2.75) is 26.3 Å². The van der Waals surface area contributed by atoms with E-state index in [1.807, 2.05) is 30.0 Å². The van der Waals surface area contributed by atoms with E-state index in [9.17, 15) is 4.79 Å². The summed E-state index contributed by atoms with van der Waals surface area (Å²) in [6, 6.07) is 0.631. The highest BCUT2D eigenvalue weighted by atomic mass is 16.2. The predicted octanol–water partition coefficient (Wildman–Crippen LogP) is 1.05. The molecule has 0 aliphatic carbocycles. The molecular formula is C14H27N3O. The van der Waals surface area contributed by atoms with Gasteiger partial charge in [-0.3, -0.25) is 9.69 Å². The van der Waals surface area contributed by atoms with E-state index >= 15 is 0 Å². The van der Waals surface area contributed by atoms with Gasteiger partial charge in [0, 0.05) is 44.8 Å². The summed E-state index contributed by atoms with van der Waals surface area (Å²) < 4.78 is 0. The lowest BCUT2D eigenvalue weighted by Crippen LogP contribution is -2.50. The van der Waals surface area contributed by atoms with Crippen LogP contribution in [-0.2, 0) is 4.79 Å². The van der Waals surface area contributed by atoms with Gasteiger partial charge in [-0.25, -0.2) is 0 Å². The summed E-state index contributed by atoms with van der Waals surface area (Å²) in [5.74, 6) is 0.153. The summed E-state index contributed by atoms with van der Waals surface area (Å²) in [7, 11) is 4.00. The minimum absolute atomic E-state index is 0.153. The molecule has 0 bridgehead atoms. The van der Waals surface area contributed by atoms with Gasteiger partial charge in [0.15, 0.2) is 0 Å². The van der Waals surface area contributed by atoms with Crippen LogP contribution in [0.2, 0.25) is 0 Å². The minimum atomic E-state index is 0.153. The van der Waals surface area contributed by atoms with Crippen LogP contribution in [0.5, 0.6) is 0 Å². The Bertz CT molecular complexity index is 281. The summed E-state index contributed by atoms with van der Waals surface area (Å²) >= 11 is 0. The number of hydrogen-bond acceptors (Lipinski definition) is 3. The molecule has 1 aliphatic heterocycles. The van der Waals surface area contributed by atoms with Crippen molar-refractivity contribution in [3.63, 3.8) is 0 Å². The molecule has 0 spiro atoms. The lowest BCUT2D eigenvalue weighted by molar-refractivity contribution is -0.128. The quantitative estimate of drug-likeness (QED) is 0.685. The summed E-state index contributed by atoms with van der Waals surface area (Å²) in [6.45, 7) is 9.01. The zero-order valence-electron chi connectivity index (χ0n) is 12.2. The Labute approximate surface area is 111 Å². The van der Waals surface area contributed by atoms with Crippen molar-refractivity contribution < 1.29 is 4.79 Å². The molecule has 0 saturated carbocycles. The van der Waals surface area contributed by atoms with Crippen LogP contribution in [0.25, 0.3) is 0 Å². The maximum Gasteiger partial charge on any atom is 0.246 e. The largest absolute Gasteiger partial charge is 0.337 e. The molecule has 104 valence electrons. The van der Waals surface area contributed by atoms with Crippen LogP contribution in [0.3, 0.4) is 0 Å². The normalized spacial score (nSPS) is 19.7. The first-order valence-electron chi connectivity index (χ1n) is 6.88. The smallest absolute Gasteiger partial charge is 0.246 e. The molecule has 1 unspecified atom stereocenters. The lowest BCUT2D eigenvalue weighted by Gasteiger charge is -2.37. The molecule has 1 saturated heterocycles. The summed E-state index contributed by atoms with van der Waals surface area (Å²) in [6.07, 6.45) is 4.82. The van der Waals surface area contributed by atoms with Gasteiger partial charge in [-0.05, 0) is 27.4 Å². The van der Waals surface area contributed by atoms with Crippen LogP contribution < -0.4 is 0 Å². The predicted molar refractivity (Wildman–Crippen MR) is 75.6 cm³/mol. The fourth-order valence-electron chi connectivity index (χ4n) is 2.11. The molecule has 18 heavy (non-hydrogen) atoms. The van der Waals surface area contributed by atoms with Crippen LogP contribution in [-0.4, -0.2) is 73.5 Å². The van der Waals surface area contributed by atoms with Crippen molar-refractivity contribution in [1.82, 2.24) is 14.7 Å². The third-order valence-electron chi connectivity index (χ3n) is 3.57. The SMILES string of the molecule is CCC(C)N1CCN(C(=O)/C=C/CN(C)C)CC1. The molecule has 4 heteroatoms. The molecule has 1 heterocycles. The van der Waals surface area contributed by atoms with Gasteiger partial charge in [-0.15, -0.1) is 0 Å². The second-order valence-electron chi connectivity index (χ2n) is 5.28. The number of hydrogen-bond donors (Lipinski definition) is 0. The summed E-state index contributed by atoms with van der Waals surface area (Å²) in [4.78, 5) is 18.4. The molecule has 1 amide bonds. The number of nitrogens with zero attached hydrogens (tertiary/aromatic N) is 3. The van der Waals surface area contributed by atoms with E-state index in [0.29, 0.717) is 6.04 Å². The summed E-state index contributed by atoms with van der Waals surface area (Å²) in [5.41, 5.74) is 0. The highest BCUT2D eigenvalue weighted by molar-refractivity contribution is 5.87.